The third kappa shape index (κ3) is 2.24. The predicted molar refractivity (Wildman–Crippen MR) is 79.1 cm³/mol. The van der Waals surface area contributed by atoms with Gasteiger partial charge in [-0.2, -0.15) is 0 Å². The largest absolute Gasteiger partial charge is 0.507 e. The maximum atomic E-state index is 12.6. The van der Waals surface area contributed by atoms with Crippen LogP contribution in [0.25, 0.3) is 0 Å². The second-order valence-electron chi connectivity index (χ2n) is 5.32. The molecule has 2 aromatic carbocycles. The van der Waals surface area contributed by atoms with Crippen LogP contribution in [0.15, 0.2) is 24.3 Å². The quantitative estimate of drug-likeness (QED) is 0.527. The van der Waals surface area contributed by atoms with Crippen LogP contribution in [0.5, 0.6) is 17.2 Å². The van der Waals surface area contributed by atoms with Crippen molar-refractivity contribution in [2.24, 2.45) is 0 Å². The van der Waals surface area contributed by atoms with Crippen molar-refractivity contribution in [2.45, 2.75) is 13.8 Å². The number of phenolic OH excluding ortho intramolecular Hbond substituents is 2. The number of hydrogen-bond donors (Lipinski definition) is 2. The first-order chi connectivity index (χ1) is 10.8. The van der Waals surface area contributed by atoms with E-state index < -0.39 is 23.3 Å². The molecule has 0 saturated carbocycles. The van der Waals surface area contributed by atoms with E-state index in [2.05, 4.69) is 0 Å². The fourth-order valence-electron chi connectivity index (χ4n) is 2.70. The summed E-state index contributed by atoms with van der Waals surface area (Å²) in [5.74, 6) is -2.63. The van der Waals surface area contributed by atoms with Crippen molar-refractivity contribution in [3.63, 3.8) is 0 Å². The van der Waals surface area contributed by atoms with Gasteiger partial charge in [0.05, 0.1) is 11.1 Å². The molecule has 0 saturated heterocycles. The van der Waals surface area contributed by atoms with Gasteiger partial charge in [0, 0.05) is 24.1 Å². The van der Waals surface area contributed by atoms with Crippen molar-refractivity contribution < 1.29 is 29.3 Å². The summed E-state index contributed by atoms with van der Waals surface area (Å²) in [6.07, 6.45) is 0. The van der Waals surface area contributed by atoms with Crippen LogP contribution in [0.4, 0.5) is 0 Å². The minimum Gasteiger partial charge on any atom is -0.507 e. The predicted octanol–water partition coefficient (Wildman–Crippen LogP) is 2.11. The fourth-order valence-corrected chi connectivity index (χ4v) is 2.70. The molecule has 116 valence electrons. The normalized spacial score (nSPS) is 12.6. The third-order valence-electron chi connectivity index (χ3n) is 3.56. The number of fused-ring (bicyclic) bond motifs is 2. The summed E-state index contributed by atoms with van der Waals surface area (Å²) in [5, 5.41) is 20.1. The third-order valence-corrected chi connectivity index (χ3v) is 3.56. The smallest absolute Gasteiger partial charge is 0.308 e. The molecule has 1 aliphatic carbocycles. The van der Waals surface area contributed by atoms with E-state index in [9.17, 15) is 24.6 Å². The average molecular weight is 312 g/mol. The first-order valence-corrected chi connectivity index (χ1v) is 6.78. The number of aromatic hydroxyl groups is 2. The van der Waals surface area contributed by atoms with Gasteiger partial charge in [-0.1, -0.05) is 0 Å². The van der Waals surface area contributed by atoms with Gasteiger partial charge in [0.15, 0.2) is 5.78 Å². The molecule has 6 nitrogen and oxygen atoms in total. The zero-order chi connectivity index (χ0) is 16.9. The van der Waals surface area contributed by atoms with Crippen LogP contribution < -0.4 is 4.74 Å². The number of phenols is 2. The molecular formula is C17H12O6. The molecule has 0 radical (unpaired) electrons. The van der Waals surface area contributed by atoms with E-state index in [1.54, 1.807) is 6.92 Å². The number of ether oxygens (including phenoxy) is 1. The highest BCUT2D eigenvalue weighted by molar-refractivity contribution is 6.30. The first kappa shape index (κ1) is 14.8. The van der Waals surface area contributed by atoms with Crippen LogP contribution in [-0.2, 0) is 4.79 Å². The molecule has 0 amide bonds. The number of hydrogen-bond acceptors (Lipinski definition) is 6. The fraction of sp³-hybridized carbons (Fsp3) is 0.118. The summed E-state index contributed by atoms with van der Waals surface area (Å²) >= 11 is 0. The number of ketones is 2. The molecule has 2 aromatic rings. The van der Waals surface area contributed by atoms with Crippen LogP contribution >= 0.6 is 0 Å². The van der Waals surface area contributed by atoms with E-state index >= 15 is 0 Å². The molecule has 0 fully saturated rings. The summed E-state index contributed by atoms with van der Waals surface area (Å²) in [6, 6.07) is 5.19. The maximum absolute atomic E-state index is 12.6. The highest BCUT2D eigenvalue weighted by Gasteiger charge is 2.35. The van der Waals surface area contributed by atoms with E-state index in [-0.39, 0.29) is 33.8 Å². The summed E-state index contributed by atoms with van der Waals surface area (Å²) in [6.45, 7) is 2.86. The summed E-state index contributed by atoms with van der Waals surface area (Å²) in [7, 11) is 0. The summed E-state index contributed by atoms with van der Waals surface area (Å²) < 4.78 is 4.87. The Balaban J connectivity index is 2.27. The van der Waals surface area contributed by atoms with Gasteiger partial charge in [0.25, 0.3) is 0 Å². The van der Waals surface area contributed by atoms with Crippen LogP contribution in [0, 0.1) is 6.92 Å². The number of carbonyl (C=O) groups excluding carboxylic acids is 3. The highest BCUT2D eigenvalue weighted by atomic mass is 16.5. The molecule has 3 rings (SSSR count). The Bertz CT molecular complexity index is 894. The van der Waals surface area contributed by atoms with Crippen molar-refractivity contribution in [1.29, 1.82) is 0 Å². The standard InChI is InChI=1S/C17H12O6/c1-7-3-10-14(12(19)4-7)17(22)15-11(16(10)21)5-9(6-13(15)20)23-8(2)18/h3-6,19-20H,1-2H3. The Morgan fingerprint density at radius 1 is 0.913 bits per heavy atom. The molecule has 0 unspecified atom stereocenters. The molecule has 0 bridgehead atoms. The van der Waals surface area contributed by atoms with Crippen LogP contribution in [0.1, 0.15) is 44.3 Å². The van der Waals surface area contributed by atoms with Gasteiger partial charge in [0.2, 0.25) is 5.78 Å². The van der Waals surface area contributed by atoms with Crippen LogP contribution in [-0.4, -0.2) is 27.7 Å². The molecule has 6 heteroatoms. The van der Waals surface area contributed by atoms with Gasteiger partial charge >= 0.3 is 5.97 Å². The van der Waals surface area contributed by atoms with E-state index in [0.717, 1.165) is 6.07 Å². The SMILES string of the molecule is CC(=O)Oc1cc(O)c2c(c1)C(=O)c1cc(C)cc(O)c1C2=O. The molecule has 0 heterocycles. The lowest BCUT2D eigenvalue weighted by atomic mass is 9.82. The Hall–Kier alpha value is -3.15. The number of aryl methyl sites for hydroxylation is 1. The monoisotopic (exact) mass is 312 g/mol. The van der Waals surface area contributed by atoms with Crippen molar-refractivity contribution in [1.82, 2.24) is 0 Å². The van der Waals surface area contributed by atoms with Gasteiger partial charge in [-0.15, -0.1) is 0 Å². The van der Waals surface area contributed by atoms with Gasteiger partial charge < -0.3 is 14.9 Å². The topological polar surface area (TPSA) is 101 Å². The van der Waals surface area contributed by atoms with Gasteiger partial charge in [0.1, 0.15) is 17.2 Å². The second-order valence-corrected chi connectivity index (χ2v) is 5.32. The lowest BCUT2D eigenvalue weighted by Crippen LogP contribution is -2.21. The van der Waals surface area contributed by atoms with Crippen molar-refractivity contribution >= 4 is 17.5 Å². The Morgan fingerprint density at radius 2 is 1.48 bits per heavy atom. The lowest BCUT2D eigenvalue weighted by Gasteiger charge is -2.20. The minimum absolute atomic E-state index is 0.0322. The highest BCUT2D eigenvalue weighted by Crippen LogP contribution is 2.39. The van der Waals surface area contributed by atoms with E-state index in [1.807, 2.05) is 0 Å². The average Bonchev–Trinajstić information content (AvgIpc) is 2.42. The zero-order valence-electron chi connectivity index (χ0n) is 12.3. The maximum Gasteiger partial charge on any atom is 0.308 e. The molecule has 0 aliphatic heterocycles. The van der Waals surface area contributed by atoms with E-state index in [4.69, 9.17) is 4.74 Å². The molecule has 0 atom stereocenters. The van der Waals surface area contributed by atoms with Gasteiger partial charge in [-0.25, -0.2) is 0 Å². The molecule has 1 aliphatic rings. The van der Waals surface area contributed by atoms with Crippen molar-refractivity contribution in [2.75, 3.05) is 0 Å². The second kappa shape index (κ2) is 4.95. The molecular weight excluding hydrogens is 300 g/mol. The van der Waals surface area contributed by atoms with E-state index in [0.29, 0.717) is 5.56 Å². The van der Waals surface area contributed by atoms with Gasteiger partial charge in [-0.05, 0) is 30.7 Å². The van der Waals surface area contributed by atoms with Crippen LogP contribution in [0.2, 0.25) is 0 Å². The lowest BCUT2D eigenvalue weighted by molar-refractivity contribution is -0.131. The van der Waals surface area contributed by atoms with Crippen molar-refractivity contribution in [3.8, 4) is 17.2 Å². The summed E-state index contributed by atoms with van der Waals surface area (Å²) in [4.78, 5) is 36.2. The minimum atomic E-state index is -0.654. The van der Waals surface area contributed by atoms with Gasteiger partial charge in [-0.3, -0.25) is 14.4 Å². The molecule has 23 heavy (non-hydrogen) atoms. The van der Waals surface area contributed by atoms with E-state index in [1.165, 1.54) is 25.1 Å². The number of carbonyl (C=O) groups is 3. The number of benzene rings is 2. The zero-order valence-corrected chi connectivity index (χ0v) is 12.3. The molecule has 0 spiro atoms. The number of esters is 1. The number of rotatable bonds is 1. The Labute approximate surface area is 130 Å². The Kier molecular flexibility index (Phi) is 3.18. The first-order valence-electron chi connectivity index (χ1n) is 6.78. The van der Waals surface area contributed by atoms with Crippen molar-refractivity contribution in [3.05, 3.63) is 52.1 Å². The molecule has 0 aromatic heterocycles. The Morgan fingerprint density at radius 3 is 2.09 bits per heavy atom. The summed E-state index contributed by atoms with van der Waals surface area (Å²) in [5.41, 5.74) is 0.260. The van der Waals surface area contributed by atoms with Crippen LogP contribution in [0.3, 0.4) is 0 Å². The molecule has 2 N–H and O–H groups in total.